The van der Waals surface area contributed by atoms with Gasteiger partial charge in [0.05, 0.1) is 23.9 Å². The summed E-state index contributed by atoms with van der Waals surface area (Å²) in [7, 11) is 1.83. The van der Waals surface area contributed by atoms with Gasteiger partial charge in [0.2, 0.25) is 5.76 Å². The Balaban J connectivity index is 2.25. The van der Waals surface area contributed by atoms with Crippen molar-refractivity contribution >= 4 is 44.6 Å². The zero-order chi connectivity index (χ0) is 20.4. The van der Waals surface area contributed by atoms with Gasteiger partial charge in [0, 0.05) is 24.2 Å². The Bertz CT molecular complexity index is 1050. The van der Waals surface area contributed by atoms with Gasteiger partial charge in [0.25, 0.3) is 0 Å². The van der Waals surface area contributed by atoms with Crippen molar-refractivity contribution in [3.63, 3.8) is 0 Å². The van der Waals surface area contributed by atoms with Crippen molar-refractivity contribution in [2.75, 3.05) is 18.5 Å². The van der Waals surface area contributed by atoms with Gasteiger partial charge in [0.15, 0.2) is 5.58 Å². The fraction of sp³-hybridized carbons (Fsp3) is 0.316. The van der Waals surface area contributed by atoms with E-state index < -0.39 is 12.1 Å². The van der Waals surface area contributed by atoms with Gasteiger partial charge in [-0.3, -0.25) is 10.00 Å². The Labute approximate surface area is 169 Å². The molecular weight excluding hydrogens is 430 g/mol. The van der Waals surface area contributed by atoms with E-state index in [9.17, 15) is 9.59 Å². The number of aryl methyl sites for hydroxylation is 1. The number of hydrogen-bond acceptors (Lipinski definition) is 6. The highest BCUT2D eigenvalue weighted by Crippen LogP contribution is 2.41. The lowest BCUT2D eigenvalue weighted by Crippen LogP contribution is -2.16. The first kappa shape index (κ1) is 19.9. The molecule has 28 heavy (non-hydrogen) atoms. The highest BCUT2D eigenvalue weighted by atomic mass is 79.9. The minimum absolute atomic E-state index is 0.0895. The smallest absolute Gasteiger partial charge is 0.411 e. The number of aromatic nitrogens is 2. The summed E-state index contributed by atoms with van der Waals surface area (Å²) in [6.45, 7) is 5.69. The standard InChI is InChI=1S/C19H20BrN3O5/c1-5-26-18(24)17-15(22-19(25)27-6-2)13-7-12(11-8-21-23(4)9-11)10(3)14(20)16(13)28-17/h7-9H,5-6H2,1-4H3,(H,22,25). The van der Waals surface area contributed by atoms with Crippen LogP contribution in [0, 0.1) is 6.92 Å². The lowest BCUT2D eigenvalue weighted by Gasteiger charge is -2.08. The molecule has 0 fully saturated rings. The van der Waals surface area contributed by atoms with Gasteiger partial charge < -0.3 is 13.9 Å². The molecule has 0 bridgehead atoms. The quantitative estimate of drug-likeness (QED) is 0.569. The normalized spacial score (nSPS) is 10.9. The Kier molecular flexibility index (Phi) is 5.73. The molecule has 0 spiro atoms. The summed E-state index contributed by atoms with van der Waals surface area (Å²) in [6.07, 6.45) is 2.94. The second-order valence-corrected chi connectivity index (χ2v) is 6.81. The van der Waals surface area contributed by atoms with Crippen LogP contribution in [-0.2, 0) is 16.5 Å². The number of ether oxygens (including phenoxy) is 2. The topological polar surface area (TPSA) is 95.6 Å². The van der Waals surface area contributed by atoms with Crippen LogP contribution in [0.1, 0.15) is 30.0 Å². The second-order valence-electron chi connectivity index (χ2n) is 6.01. The van der Waals surface area contributed by atoms with Gasteiger partial charge in [-0.25, -0.2) is 9.59 Å². The number of benzene rings is 1. The minimum atomic E-state index is -0.685. The molecule has 0 radical (unpaired) electrons. The molecule has 0 saturated carbocycles. The fourth-order valence-electron chi connectivity index (χ4n) is 2.88. The summed E-state index contributed by atoms with van der Waals surface area (Å²) in [5.74, 6) is -0.758. The van der Waals surface area contributed by atoms with Crippen LogP contribution in [0.25, 0.3) is 22.1 Å². The third-order valence-electron chi connectivity index (χ3n) is 4.15. The lowest BCUT2D eigenvalue weighted by molar-refractivity contribution is 0.0494. The van der Waals surface area contributed by atoms with E-state index in [4.69, 9.17) is 13.9 Å². The van der Waals surface area contributed by atoms with E-state index in [-0.39, 0.29) is 24.7 Å². The van der Waals surface area contributed by atoms with Crippen molar-refractivity contribution in [3.05, 3.63) is 34.3 Å². The van der Waals surface area contributed by atoms with Crippen LogP contribution in [0.2, 0.25) is 0 Å². The van der Waals surface area contributed by atoms with E-state index in [1.165, 1.54) is 0 Å². The number of carbonyl (C=O) groups is 2. The zero-order valence-electron chi connectivity index (χ0n) is 16.0. The molecule has 1 amide bonds. The molecule has 0 unspecified atom stereocenters. The van der Waals surface area contributed by atoms with Crippen molar-refractivity contribution in [1.29, 1.82) is 0 Å². The number of halogens is 1. The van der Waals surface area contributed by atoms with Crippen molar-refractivity contribution < 1.29 is 23.5 Å². The Morgan fingerprint density at radius 2 is 2.00 bits per heavy atom. The van der Waals surface area contributed by atoms with Crippen LogP contribution in [0.4, 0.5) is 10.5 Å². The van der Waals surface area contributed by atoms with Crippen molar-refractivity contribution in [3.8, 4) is 11.1 Å². The SMILES string of the molecule is CCOC(=O)Nc1c(C(=O)OCC)oc2c(Br)c(C)c(-c3cnn(C)c3)cc12. The van der Waals surface area contributed by atoms with Gasteiger partial charge in [0.1, 0.15) is 5.69 Å². The number of carbonyl (C=O) groups excluding carboxylic acids is 2. The summed E-state index contributed by atoms with van der Waals surface area (Å²) in [5.41, 5.74) is 3.32. The lowest BCUT2D eigenvalue weighted by atomic mass is 10.0. The number of nitrogens with one attached hydrogen (secondary N) is 1. The van der Waals surface area contributed by atoms with E-state index >= 15 is 0 Å². The van der Waals surface area contributed by atoms with Gasteiger partial charge in [-0.05, 0) is 53.9 Å². The molecule has 9 heteroatoms. The zero-order valence-corrected chi connectivity index (χ0v) is 17.5. The van der Waals surface area contributed by atoms with Crippen LogP contribution in [0.15, 0.2) is 27.3 Å². The fourth-order valence-corrected chi connectivity index (χ4v) is 3.39. The Morgan fingerprint density at radius 3 is 2.61 bits per heavy atom. The van der Waals surface area contributed by atoms with Gasteiger partial charge in [-0.15, -0.1) is 0 Å². The number of anilines is 1. The van der Waals surface area contributed by atoms with Crippen LogP contribution < -0.4 is 5.32 Å². The van der Waals surface area contributed by atoms with Crippen LogP contribution in [0.3, 0.4) is 0 Å². The molecule has 3 aromatic rings. The van der Waals surface area contributed by atoms with E-state index in [0.29, 0.717) is 15.4 Å². The van der Waals surface area contributed by atoms with Crippen molar-refractivity contribution in [1.82, 2.24) is 9.78 Å². The molecule has 2 heterocycles. The molecule has 0 saturated heterocycles. The Hall–Kier alpha value is -2.81. The average Bonchev–Trinajstić information content (AvgIpc) is 3.23. The predicted octanol–water partition coefficient (Wildman–Crippen LogP) is 4.65. The molecule has 148 valence electrons. The average molecular weight is 450 g/mol. The molecule has 0 atom stereocenters. The third kappa shape index (κ3) is 3.62. The summed E-state index contributed by atoms with van der Waals surface area (Å²) in [6, 6.07) is 1.85. The minimum Gasteiger partial charge on any atom is -0.460 e. The second kappa shape index (κ2) is 8.05. The third-order valence-corrected chi connectivity index (χ3v) is 5.10. The molecule has 0 aliphatic rings. The summed E-state index contributed by atoms with van der Waals surface area (Å²) < 4.78 is 18.2. The highest BCUT2D eigenvalue weighted by molar-refractivity contribution is 9.10. The van der Waals surface area contributed by atoms with Gasteiger partial charge >= 0.3 is 12.1 Å². The summed E-state index contributed by atoms with van der Waals surface area (Å²) in [4.78, 5) is 24.4. The first-order valence-corrected chi connectivity index (χ1v) is 9.52. The number of fused-ring (bicyclic) bond motifs is 1. The molecular formula is C19H20BrN3O5. The maximum atomic E-state index is 12.4. The number of furan rings is 1. The van der Waals surface area contributed by atoms with Gasteiger partial charge in [-0.1, -0.05) is 0 Å². The van der Waals surface area contributed by atoms with Crippen LogP contribution in [-0.4, -0.2) is 35.1 Å². The number of hydrogen-bond donors (Lipinski definition) is 1. The molecule has 0 aliphatic heterocycles. The maximum Gasteiger partial charge on any atom is 0.411 e. The largest absolute Gasteiger partial charge is 0.460 e. The summed E-state index contributed by atoms with van der Waals surface area (Å²) in [5, 5.41) is 7.37. The van der Waals surface area contributed by atoms with Gasteiger partial charge in [-0.2, -0.15) is 5.10 Å². The van der Waals surface area contributed by atoms with E-state index in [1.807, 2.05) is 26.2 Å². The Morgan fingerprint density at radius 1 is 1.29 bits per heavy atom. The maximum absolute atomic E-state index is 12.4. The molecule has 2 aromatic heterocycles. The number of esters is 1. The number of amides is 1. The van der Waals surface area contributed by atoms with Crippen molar-refractivity contribution in [2.45, 2.75) is 20.8 Å². The molecule has 1 N–H and O–H groups in total. The first-order valence-electron chi connectivity index (χ1n) is 8.72. The first-order chi connectivity index (χ1) is 13.4. The molecule has 8 nitrogen and oxygen atoms in total. The van der Waals surface area contributed by atoms with Crippen LogP contribution >= 0.6 is 15.9 Å². The van der Waals surface area contributed by atoms with Crippen molar-refractivity contribution in [2.24, 2.45) is 7.05 Å². The van der Waals surface area contributed by atoms with E-state index in [1.54, 1.807) is 24.7 Å². The van der Waals surface area contributed by atoms with E-state index in [2.05, 4.69) is 26.3 Å². The van der Waals surface area contributed by atoms with Crippen LogP contribution in [0.5, 0.6) is 0 Å². The number of nitrogens with zero attached hydrogens (tertiary/aromatic N) is 2. The molecule has 3 rings (SSSR count). The summed E-state index contributed by atoms with van der Waals surface area (Å²) >= 11 is 3.55. The van der Waals surface area contributed by atoms with E-state index in [0.717, 1.165) is 16.7 Å². The number of rotatable bonds is 5. The molecule has 1 aromatic carbocycles. The predicted molar refractivity (Wildman–Crippen MR) is 107 cm³/mol. The monoisotopic (exact) mass is 449 g/mol. The molecule has 0 aliphatic carbocycles. The highest BCUT2D eigenvalue weighted by Gasteiger charge is 2.27.